The molecule has 0 N–H and O–H groups in total. The quantitative estimate of drug-likeness (QED) is 0.478. The molecule has 0 saturated heterocycles. The van der Waals surface area contributed by atoms with Crippen molar-refractivity contribution in [3.63, 3.8) is 0 Å². The van der Waals surface area contributed by atoms with E-state index in [1.54, 1.807) is 0 Å². The summed E-state index contributed by atoms with van der Waals surface area (Å²) < 4.78 is 12.9. The average molecular weight is 293 g/mol. The highest BCUT2D eigenvalue weighted by Crippen LogP contribution is 2.21. The molecule has 0 unspecified atom stereocenters. The van der Waals surface area contributed by atoms with E-state index in [9.17, 15) is 14.5 Å². The molecule has 0 aliphatic carbocycles. The van der Waals surface area contributed by atoms with Crippen LogP contribution in [0.25, 0.3) is 3.58 Å². The van der Waals surface area contributed by atoms with Crippen molar-refractivity contribution in [2.24, 2.45) is 0 Å². The van der Waals surface area contributed by atoms with E-state index >= 15 is 0 Å². The SMILES string of the molecule is O=[N+]([O-])/C=C(/I)c1ccc(F)cc1. The average Bonchev–Trinajstić information content (AvgIpc) is 2.04. The summed E-state index contributed by atoms with van der Waals surface area (Å²) >= 11 is 1.83. The molecule has 1 rings (SSSR count). The van der Waals surface area contributed by atoms with E-state index in [1.165, 1.54) is 24.3 Å². The topological polar surface area (TPSA) is 43.1 Å². The zero-order valence-electron chi connectivity index (χ0n) is 6.41. The van der Waals surface area contributed by atoms with Crippen molar-refractivity contribution in [3.05, 3.63) is 52.0 Å². The van der Waals surface area contributed by atoms with Crippen LogP contribution in [-0.4, -0.2) is 4.92 Å². The molecular weight excluding hydrogens is 288 g/mol. The van der Waals surface area contributed by atoms with Crippen LogP contribution < -0.4 is 0 Å². The molecule has 1 aromatic rings. The first kappa shape index (κ1) is 10.1. The van der Waals surface area contributed by atoms with Gasteiger partial charge in [0.15, 0.2) is 0 Å². The smallest absolute Gasteiger partial charge is 0.248 e. The van der Waals surface area contributed by atoms with Crippen LogP contribution in [0.15, 0.2) is 30.5 Å². The molecule has 5 heteroatoms. The van der Waals surface area contributed by atoms with Crippen LogP contribution in [0.1, 0.15) is 5.56 Å². The lowest BCUT2D eigenvalue weighted by atomic mass is 10.2. The largest absolute Gasteiger partial charge is 0.259 e. The van der Waals surface area contributed by atoms with Crippen LogP contribution in [0.3, 0.4) is 0 Å². The first-order chi connectivity index (χ1) is 6.09. The normalized spacial score (nSPS) is 11.4. The van der Waals surface area contributed by atoms with Gasteiger partial charge >= 0.3 is 0 Å². The van der Waals surface area contributed by atoms with Crippen molar-refractivity contribution in [3.8, 4) is 0 Å². The highest BCUT2D eigenvalue weighted by Gasteiger charge is 2.01. The molecule has 0 atom stereocenters. The second kappa shape index (κ2) is 4.31. The van der Waals surface area contributed by atoms with Gasteiger partial charge in [-0.2, -0.15) is 0 Å². The molecule has 0 radical (unpaired) electrons. The highest BCUT2D eigenvalue weighted by atomic mass is 127. The Morgan fingerprint density at radius 2 is 2.00 bits per heavy atom. The minimum Gasteiger partial charge on any atom is -0.259 e. The molecule has 0 aliphatic rings. The Labute approximate surface area is 87.6 Å². The molecule has 0 spiro atoms. The summed E-state index contributed by atoms with van der Waals surface area (Å²) in [5, 5.41) is 10.1. The zero-order chi connectivity index (χ0) is 9.84. The van der Waals surface area contributed by atoms with Gasteiger partial charge in [-0.25, -0.2) is 4.39 Å². The standard InChI is InChI=1S/C8H5FINO2/c9-7-3-1-6(2-4-7)8(10)5-11(12)13/h1-5H/b8-5+. The maximum Gasteiger partial charge on any atom is 0.248 e. The molecule has 0 bridgehead atoms. The fourth-order valence-corrected chi connectivity index (χ4v) is 1.36. The zero-order valence-corrected chi connectivity index (χ0v) is 8.56. The number of halogens is 2. The van der Waals surface area contributed by atoms with Crippen LogP contribution in [0.5, 0.6) is 0 Å². The van der Waals surface area contributed by atoms with Crippen LogP contribution in [0, 0.1) is 15.9 Å². The van der Waals surface area contributed by atoms with Gasteiger partial charge < -0.3 is 0 Å². The number of rotatable bonds is 2. The fraction of sp³-hybridized carbons (Fsp3) is 0. The van der Waals surface area contributed by atoms with Gasteiger partial charge in [-0.1, -0.05) is 12.1 Å². The van der Waals surface area contributed by atoms with Gasteiger partial charge in [0.25, 0.3) is 0 Å². The molecule has 1 aromatic carbocycles. The van der Waals surface area contributed by atoms with E-state index in [2.05, 4.69) is 0 Å². The molecule has 3 nitrogen and oxygen atoms in total. The van der Waals surface area contributed by atoms with Crippen molar-refractivity contribution in [1.29, 1.82) is 0 Å². The summed E-state index contributed by atoms with van der Waals surface area (Å²) in [6.45, 7) is 0. The second-order valence-electron chi connectivity index (χ2n) is 2.27. The highest BCUT2D eigenvalue weighted by molar-refractivity contribution is 14.1. The van der Waals surface area contributed by atoms with Crippen molar-refractivity contribution in [1.82, 2.24) is 0 Å². The van der Waals surface area contributed by atoms with Gasteiger partial charge in [-0.15, -0.1) is 0 Å². The van der Waals surface area contributed by atoms with E-state index < -0.39 is 4.92 Å². The summed E-state index contributed by atoms with van der Waals surface area (Å²) in [7, 11) is 0. The first-order valence-electron chi connectivity index (χ1n) is 3.36. The van der Waals surface area contributed by atoms with E-state index in [0.29, 0.717) is 9.14 Å². The molecule has 68 valence electrons. The molecule has 0 aliphatic heterocycles. The predicted octanol–water partition coefficient (Wildman–Crippen LogP) is 2.84. The van der Waals surface area contributed by atoms with E-state index in [4.69, 9.17) is 0 Å². The number of hydrogen-bond acceptors (Lipinski definition) is 2. The van der Waals surface area contributed by atoms with Crippen molar-refractivity contribution in [2.75, 3.05) is 0 Å². The molecule has 0 saturated carbocycles. The summed E-state index contributed by atoms with van der Waals surface area (Å²) in [6.07, 6.45) is 0.883. The van der Waals surface area contributed by atoms with Crippen LogP contribution >= 0.6 is 22.6 Å². The van der Waals surface area contributed by atoms with Crippen molar-refractivity contribution >= 4 is 26.2 Å². The molecule has 0 amide bonds. The van der Waals surface area contributed by atoms with Gasteiger partial charge in [0.1, 0.15) is 5.82 Å². The van der Waals surface area contributed by atoms with Crippen molar-refractivity contribution in [2.45, 2.75) is 0 Å². The maximum atomic E-state index is 12.5. The molecule has 0 fully saturated rings. The lowest BCUT2D eigenvalue weighted by Gasteiger charge is -1.95. The van der Waals surface area contributed by atoms with Gasteiger partial charge in [-0.3, -0.25) is 10.1 Å². The summed E-state index contributed by atoms with van der Waals surface area (Å²) in [4.78, 5) is 9.56. The molecule has 13 heavy (non-hydrogen) atoms. The Bertz CT molecular complexity index is 348. The second-order valence-corrected chi connectivity index (χ2v) is 3.43. The number of nitro groups is 1. The summed E-state index contributed by atoms with van der Waals surface area (Å²) in [6, 6.07) is 5.53. The number of benzene rings is 1. The minimum atomic E-state index is -0.537. The number of nitrogens with zero attached hydrogens (tertiary/aromatic N) is 1. The lowest BCUT2D eigenvalue weighted by molar-refractivity contribution is -0.401. The molecule has 0 heterocycles. The third-order valence-electron chi connectivity index (χ3n) is 1.34. The molecular formula is C8H5FINO2. The van der Waals surface area contributed by atoms with Crippen LogP contribution in [0.4, 0.5) is 4.39 Å². The van der Waals surface area contributed by atoms with E-state index in [-0.39, 0.29) is 5.82 Å². The predicted molar refractivity (Wildman–Crippen MR) is 55.4 cm³/mol. The minimum absolute atomic E-state index is 0.353. The summed E-state index contributed by atoms with van der Waals surface area (Å²) in [5.74, 6) is -0.353. The van der Waals surface area contributed by atoms with Crippen LogP contribution in [0.2, 0.25) is 0 Å². The Morgan fingerprint density at radius 3 is 2.46 bits per heavy atom. The fourth-order valence-electron chi connectivity index (χ4n) is 0.776. The Hall–Kier alpha value is -0.980. The Morgan fingerprint density at radius 1 is 1.46 bits per heavy atom. The first-order valence-corrected chi connectivity index (χ1v) is 4.44. The third-order valence-corrected chi connectivity index (χ3v) is 2.24. The summed E-state index contributed by atoms with van der Waals surface area (Å²) in [5.41, 5.74) is 0.638. The van der Waals surface area contributed by atoms with Gasteiger partial charge in [0.2, 0.25) is 6.20 Å². The maximum absolute atomic E-state index is 12.5. The van der Waals surface area contributed by atoms with E-state index in [1.807, 2.05) is 22.6 Å². The van der Waals surface area contributed by atoms with Gasteiger partial charge in [-0.05, 0) is 40.3 Å². The van der Waals surface area contributed by atoms with E-state index in [0.717, 1.165) is 6.20 Å². The Kier molecular flexibility index (Phi) is 3.35. The van der Waals surface area contributed by atoms with Crippen molar-refractivity contribution < 1.29 is 9.31 Å². The van der Waals surface area contributed by atoms with Gasteiger partial charge in [0, 0.05) is 0 Å². The Balaban J connectivity index is 2.96. The molecule has 0 aromatic heterocycles. The monoisotopic (exact) mass is 293 g/mol. The van der Waals surface area contributed by atoms with Gasteiger partial charge in [0.05, 0.1) is 8.50 Å². The lowest BCUT2D eigenvalue weighted by Crippen LogP contribution is -1.86. The third kappa shape index (κ3) is 3.10. The number of hydrogen-bond donors (Lipinski definition) is 0. The van der Waals surface area contributed by atoms with Crippen LogP contribution in [-0.2, 0) is 0 Å².